The van der Waals surface area contributed by atoms with Crippen LogP contribution in [0.5, 0.6) is 5.75 Å². The summed E-state index contributed by atoms with van der Waals surface area (Å²) in [4.78, 5) is 10.6. The van der Waals surface area contributed by atoms with E-state index >= 15 is 0 Å². The third-order valence-electron chi connectivity index (χ3n) is 4.17. The van der Waals surface area contributed by atoms with Crippen LogP contribution in [0.4, 0.5) is 20.2 Å². The number of halogens is 2. The van der Waals surface area contributed by atoms with E-state index in [0.717, 1.165) is 12.1 Å². The standard InChI is InChI=1S/C18H18F2N2O4/c1-2-25-17-10-12(4-6-16(17)22(23)24)21-15-7-8-26-18(15)11-3-5-13(19)14(20)9-11/h3-6,9-10,15,18,21H,2,7-8H2,1H3. The Kier molecular flexibility index (Phi) is 5.32. The topological polar surface area (TPSA) is 73.6 Å². The minimum atomic E-state index is -0.925. The van der Waals surface area contributed by atoms with Crippen LogP contribution in [0.2, 0.25) is 0 Å². The molecule has 1 aliphatic heterocycles. The molecule has 0 saturated carbocycles. The van der Waals surface area contributed by atoms with Crippen LogP contribution < -0.4 is 10.1 Å². The molecule has 1 N–H and O–H groups in total. The number of rotatable bonds is 6. The number of benzene rings is 2. The van der Waals surface area contributed by atoms with Crippen LogP contribution in [0, 0.1) is 21.7 Å². The number of hydrogen-bond acceptors (Lipinski definition) is 5. The number of nitro groups is 1. The highest BCUT2D eigenvalue weighted by Crippen LogP contribution is 2.35. The maximum atomic E-state index is 13.5. The lowest BCUT2D eigenvalue weighted by Crippen LogP contribution is -2.23. The van der Waals surface area contributed by atoms with Gasteiger partial charge in [-0.2, -0.15) is 0 Å². The zero-order valence-electron chi connectivity index (χ0n) is 14.1. The van der Waals surface area contributed by atoms with Crippen LogP contribution in [-0.4, -0.2) is 24.2 Å². The Bertz CT molecular complexity index is 816. The minimum Gasteiger partial charge on any atom is -0.487 e. The number of anilines is 1. The summed E-state index contributed by atoms with van der Waals surface area (Å²) in [5, 5.41) is 14.3. The summed E-state index contributed by atoms with van der Waals surface area (Å²) in [7, 11) is 0. The maximum Gasteiger partial charge on any atom is 0.311 e. The van der Waals surface area contributed by atoms with Crippen molar-refractivity contribution in [3.8, 4) is 5.75 Å². The summed E-state index contributed by atoms with van der Waals surface area (Å²) >= 11 is 0. The van der Waals surface area contributed by atoms with Gasteiger partial charge in [-0.15, -0.1) is 0 Å². The summed E-state index contributed by atoms with van der Waals surface area (Å²) in [5.74, 6) is -1.66. The molecule has 3 rings (SSSR count). The predicted octanol–water partition coefficient (Wildman–Crippen LogP) is 4.21. The second kappa shape index (κ2) is 7.65. The van der Waals surface area contributed by atoms with E-state index in [1.807, 2.05) is 0 Å². The molecule has 1 heterocycles. The molecule has 1 saturated heterocycles. The second-order valence-corrected chi connectivity index (χ2v) is 5.88. The smallest absolute Gasteiger partial charge is 0.311 e. The first-order valence-corrected chi connectivity index (χ1v) is 8.24. The van der Waals surface area contributed by atoms with Crippen molar-refractivity contribution in [3.63, 3.8) is 0 Å². The molecule has 2 unspecified atom stereocenters. The number of hydrogen-bond donors (Lipinski definition) is 1. The van der Waals surface area contributed by atoms with Crippen molar-refractivity contribution in [2.24, 2.45) is 0 Å². The minimum absolute atomic E-state index is 0.114. The quantitative estimate of drug-likeness (QED) is 0.614. The van der Waals surface area contributed by atoms with Crippen molar-refractivity contribution in [3.05, 3.63) is 63.7 Å². The van der Waals surface area contributed by atoms with E-state index in [9.17, 15) is 18.9 Å². The van der Waals surface area contributed by atoms with Gasteiger partial charge in [-0.25, -0.2) is 8.78 Å². The van der Waals surface area contributed by atoms with Gasteiger partial charge in [0.25, 0.3) is 0 Å². The van der Waals surface area contributed by atoms with Gasteiger partial charge in [0.2, 0.25) is 0 Å². The summed E-state index contributed by atoms with van der Waals surface area (Å²) in [5.41, 5.74) is 1.05. The molecule has 1 aliphatic rings. The van der Waals surface area contributed by atoms with E-state index in [1.54, 1.807) is 19.1 Å². The zero-order valence-corrected chi connectivity index (χ0v) is 14.1. The van der Waals surface area contributed by atoms with Crippen LogP contribution in [0.15, 0.2) is 36.4 Å². The lowest BCUT2D eigenvalue weighted by Gasteiger charge is -2.21. The molecule has 0 spiro atoms. The van der Waals surface area contributed by atoms with Crippen molar-refractivity contribution in [2.75, 3.05) is 18.5 Å². The van der Waals surface area contributed by atoms with Crippen molar-refractivity contribution in [1.29, 1.82) is 0 Å². The molecule has 6 nitrogen and oxygen atoms in total. The number of nitro benzene ring substituents is 1. The normalized spacial score (nSPS) is 19.3. The fraction of sp³-hybridized carbons (Fsp3) is 0.333. The molecule has 138 valence electrons. The van der Waals surface area contributed by atoms with Gasteiger partial charge in [0.05, 0.1) is 17.6 Å². The maximum absolute atomic E-state index is 13.5. The van der Waals surface area contributed by atoms with Crippen LogP contribution >= 0.6 is 0 Å². The van der Waals surface area contributed by atoms with Gasteiger partial charge in [0.1, 0.15) is 6.10 Å². The largest absolute Gasteiger partial charge is 0.487 e. The Hall–Kier alpha value is -2.74. The van der Waals surface area contributed by atoms with Gasteiger partial charge >= 0.3 is 5.69 Å². The van der Waals surface area contributed by atoms with E-state index < -0.39 is 22.7 Å². The van der Waals surface area contributed by atoms with Crippen LogP contribution in [0.3, 0.4) is 0 Å². The molecule has 0 amide bonds. The highest BCUT2D eigenvalue weighted by molar-refractivity contribution is 5.58. The van der Waals surface area contributed by atoms with E-state index in [4.69, 9.17) is 9.47 Å². The Morgan fingerprint density at radius 3 is 2.77 bits per heavy atom. The van der Waals surface area contributed by atoms with E-state index in [2.05, 4.69) is 5.32 Å². The van der Waals surface area contributed by atoms with Crippen molar-refractivity contribution in [1.82, 2.24) is 0 Å². The Balaban J connectivity index is 1.82. The molecule has 8 heteroatoms. The first-order valence-electron chi connectivity index (χ1n) is 8.24. The third kappa shape index (κ3) is 3.75. The summed E-state index contributed by atoms with van der Waals surface area (Å²) in [6.07, 6.45) is 0.209. The van der Waals surface area contributed by atoms with E-state index in [1.165, 1.54) is 12.1 Å². The van der Waals surface area contributed by atoms with Crippen LogP contribution in [0.25, 0.3) is 0 Å². The molecule has 1 fully saturated rings. The average Bonchev–Trinajstić information content (AvgIpc) is 3.06. The first-order chi connectivity index (χ1) is 12.5. The summed E-state index contributed by atoms with van der Waals surface area (Å²) < 4.78 is 37.7. The predicted molar refractivity (Wildman–Crippen MR) is 91.3 cm³/mol. The molecule has 2 atom stereocenters. The number of ether oxygens (including phenoxy) is 2. The molecule has 0 aliphatic carbocycles. The Morgan fingerprint density at radius 2 is 2.08 bits per heavy atom. The Morgan fingerprint density at radius 1 is 1.27 bits per heavy atom. The second-order valence-electron chi connectivity index (χ2n) is 5.88. The third-order valence-corrected chi connectivity index (χ3v) is 4.17. The first kappa shape index (κ1) is 18.1. The van der Waals surface area contributed by atoms with Gasteiger partial charge in [-0.05, 0) is 37.1 Å². The molecule has 2 aromatic rings. The number of nitrogens with one attached hydrogen (secondary N) is 1. The molecular formula is C18H18F2N2O4. The highest BCUT2D eigenvalue weighted by Gasteiger charge is 2.30. The monoisotopic (exact) mass is 364 g/mol. The van der Waals surface area contributed by atoms with Gasteiger partial charge in [-0.1, -0.05) is 6.07 Å². The van der Waals surface area contributed by atoms with E-state index in [-0.39, 0.29) is 17.5 Å². The number of nitrogens with zero attached hydrogens (tertiary/aromatic N) is 1. The van der Waals surface area contributed by atoms with Gasteiger partial charge in [0, 0.05) is 24.4 Å². The van der Waals surface area contributed by atoms with E-state index in [0.29, 0.717) is 30.9 Å². The zero-order chi connectivity index (χ0) is 18.7. The SMILES string of the molecule is CCOc1cc(NC2CCOC2c2ccc(F)c(F)c2)ccc1[N+](=O)[O-]. The molecular weight excluding hydrogens is 346 g/mol. The molecule has 0 radical (unpaired) electrons. The highest BCUT2D eigenvalue weighted by atomic mass is 19.2. The summed E-state index contributed by atoms with van der Waals surface area (Å²) in [6, 6.07) is 8.02. The van der Waals surface area contributed by atoms with Gasteiger partial charge < -0.3 is 14.8 Å². The van der Waals surface area contributed by atoms with Crippen molar-refractivity contribution in [2.45, 2.75) is 25.5 Å². The molecule has 2 aromatic carbocycles. The lowest BCUT2D eigenvalue weighted by molar-refractivity contribution is -0.385. The van der Waals surface area contributed by atoms with Crippen LogP contribution in [0.1, 0.15) is 25.0 Å². The fourth-order valence-corrected chi connectivity index (χ4v) is 3.00. The molecule has 0 aromatic heterocycles. The van der Waals surface area contributed by atoms with Gasteiger partial charge in [0.15, 0.2) is 17.4 Å². The lowest BCUT2D eigenvalue weighted by atomic mass is 10.0. The molecule has 0 bridgehead atoms. The summed E-state index contributed by atoms with van der Waals surface area (Å²) in [6.45, 7) is 2.51. The van der Waals surface area contributed by atoms with Gasteiger partial charge in [-0.3, -0.25) is 10.1 Å². The molecule has 26 heavy (non-hydrogen) atoms. The average molecular weight is 364 g/mol. The van der Waals surface area contributed by atoms with Crippen molar-refractivity contribution < 1.29 is 23.2 Å². The fourth-order valence-electron chi connectivity index (χ4n) is 3.00. The van der Waals surface area contributed by atoms with Crippen LogP contribution in [-0.2, 0) is 4.74 Å². The Labute approximate surface area is 148 Å². The van der Waals surface area contributed by atoms with Crippen molar-refractivity contribution >= 4 is 11.4 Å².